The fourth-order valence-electron chi connectivity index (χ4n) is 3.81. The van der Waals surface area contributed by atoms with Gasteiger partial charge in [0.05, 0.1) is 16.8 Å². The van der Waals surface area contributed by atoms with Gasteiger partial charge in [0.1, 0.15) is 11.9 Å². The van der Waals surface area contributed by atoms with Crippen LogP contribution in [0.2, 0.25) is 0 Å². The zero-order chi connectivity index (χ0) is 22.3. The van der Waals surface area contributed by atoms with Gasteiger partial charge in [-0.05, 0) is 42.2 Å². The van der Waals surface area contributed by atoms with Crippen LogP contribution in [0.25, 0.3) is 0 Å². The normalized spacial score (nSPS) is 18.5. The zero-order valence-electron chi connectivity index (χ0n) is 17.1. The number of carbonyl (C=O) groups is 4. The molecule has 3 heterocycles. The second kappa shape index (κ2) is 7.90. The van der Waals surface area contributed by atoms with E-state index in [1.807, 2.05) is 19.9 Å². The van der Waals surface area contributed by atoms with E-state index in [9.17, 15) is 23.6 Å². The van der Waals surface area contributed by atoms with Crippen molar-refractivity contribution in [2.75, 3.05) is 5.32 Å². The largest absolute Gasteiger partial charge is 0.378 e. The molecule has 0 saturated carbocycles. The molecular weight excluding hydrogens is 403 g/mol. The lowest BCUT2D eigenvalue weighted by molar-refractivity contribution is -0.136. The van der Waals surface area contributed by atoms with Crippen LogP contribution < -0.4 is 10.6 Å². The summed E-state index contributed by atoms with van der Waals surface area (Å²) in [6.07, 6.45) is 1.72. The molecule has 1 fully saturated rings. The van der Waals surface area contributed by atoms with Crippen molar-refractivity contribution in [2.24, 2.45) is 0 Å². The van der Waals surface area contributed by atoms with Gasteiger partial charge in [0, 0.05) is 24.9 Å². The third-order valence-electron chi connectivity index (χ3n) is 5.46. The van der Waals surface area contributed by atoms with Crippen molar-refractivity contribution < 1.29 is 23.6 Å². The third-order valence-corrected chi connectivity index (χ3v) is 5.46. The Kier molecular flexibility index (Phi) is 5.26. The molecule has 1 aromatic carbocycles. The number of nitrogens with zero attached hydrogens (tertiary/aromatic N) is 2. The number of nitrogens with one attached hydrogen (secondary N) is 2. The Morgan fingerprint density at radius 1 is 1.19 bits per heavy atom. The Morgan fingerprint density at radius 2 is 1.97 bits per heavy atom. The van der Waals surface area contributed by atoms with E-state index in [0.29, 0.717) is 0 Å². The average molecular weight is 424 g/mol. The summed E-state index contributed by atoms with van der Waals surface area (Å²) in [5.74, 6) is -3.05. The molecule has 2 N–H and O–H groups in total. The van der Waals surface area contributed by atoms with Gasteiger partial charge in [0.25, 0.3) is 11.8 Å². The molecule has 2 aliphatic rings. The van der Waals surface area contributed by atoms with Crippen molar-refractivity contribution in [1.29, 1.82) is 0 Å². The summed E-state index contributed by atoms with van der Waals surface area (Å²) in [6.45, 7) is 4.24. The van der Waals surface area contributed by atoms with E-state index in [1.54, 1.807) is 12.3 Å². The fraction of sp³-hybridized carbons (Fsp3) is 0.318. The zero-order valence-corrected chi connectivity index (χ0v) is 17.1. The molecule has 1 aromatic heterocycles. The Hall–Kier alpha value is -3.62. The standard InChI is InChI=1S/C22H21FN4O4/c1-11(2)15-9-12(7-8-24-15)10-25-19-14(23)4-3-13-18(19)22(31)27(21(13)30)16-5-6-17(28)26-20(16)29/h3-4,7-9,11,16,25H,5-6,10H2,1-2H3,(H,26,28,29). The first-order chi connectivity index (χ1) is 14.8. The number of benzene rings is 1. The first-order valence-electron chi connectivity index (χ1n) is 10.0. The van der Waals surface area contributed by atoms with E-state index < -0.39 is 35.5 Å². The van der Waals surface area contributed by atoms with Crippen LogP contribution in [0.3, 0.4) is 0 Å². The second-order valence-electron chi connectivity index (χ2n) is 7.89. The number of amides is 4. The number of pyridine rings is 1. The molecule has 1 atom stereocenters. The van der Waals surface area contributed by atoms with Crippen LogP contribution in [-0.2, 0) is 16.1 Å². The quantitative estimate of drug-likeness (QED) is 0.714. The molecule has 31 heavy (non-hydrogen) atoms. The van der Waals surface area contributed by atoms with Crippen molar-refractivity contribution in [3.05, 3.63) is 58.7 Å². The summed E-state index contributed by atoms with van der Waals surface area (Å²) in [5, 5.41) is 5.07. The lowest BCUT2D eigenvalue weighted by Crippen LogP contribution is -2.54. The molecule has 8 nitrogen and oxygen atoms in total. The molecule has 4 rings (SSSR count). The van der Waals surface area contributed by atoms with Crippen LogP contribution in [0.5, 0.6) is 0 Å². The van der Waals surface area contributed by atoms with Crippen LogP contribution in [0.15, 0.2) is 30.5 Å². The maximum Gasteiger partial charge on any atom is 0.264 e. The average Bonchev–Trinajstić information content (AvgIpc) is 2.98. The van der Waals surface area contributed by atoms with Crippen molar-refractivity contribution in [3.8, 4) is 0 Å². The van der Waals surface area contributed by atoms with Gasteiger partial charge in [-0.3, -0.25) is 34.4 Å². The summed E-state index contributed by atoms with van der Waals surface area (Å²) >= 11 is 0. The van der Waals surface area contributed by atoms with Crippen LogP contribution in [0.1, 0.15) is 64.6 Å². The lowest BCUT2D eigenvalue weighted by atomic mass is 10.0. The molecule has 0 bridgehead atoms. The molecule has 160 valence electrons. The predicted molar refractivity (Wildman–Crippen MR) is 109 cm³/mol. The van der Waals surface area contributed by atoms with E-state index >= 15 is 0 Å². The molecule has 0 radical (unpaired) electrons. The highest BCUT2D eigenvalue weighted by molar-refractivity contribution is 6.25. The lowest BCUT2D eigenvalue weighted by Gasteiger charge is -2.27. The number of rotatable bonds is 5. The summed E-state index contributed by atoms with van der Waals surface area (Å²) in [5.41, 5.74) is 1.56. The monoisotopic (exact) mass is 424 g/mol. The van der Waals surface area contributed by atoms with Crippen LogP contribution in [-0.4, -0.2) is 39.6 Å². The van der Waals surface area contributed by atoms with E-state index in [2.05, 4.69) is 15.6 Å². The van der Waals surface area contributed by atoms with Crippen molar-refractivity contribution in [1.82, 2.24) is 15.2 Å². The number of imide groups is 2. The number of carbonyl (C=O) groups excluding carboxylic acids is 4. The number of fused-ring (bicyclic) bond motifs is 1. The fourth-order valence-corrected chi connectivity index (χ4v) is 3.81. The summed E-state index contributed by atoms with van der Waals surface area (Å²) in [7, 11) is 0. The summed E-state index contributed by atoms with van der Waals surface area (Å²) in [4.78, 5) is 54.7. The predicted octanol–water partition coefficient (Wildman–Crippen LogP) is 2.36. The molecule has 4 amide bonds. The molecule has 0 aliphatic carbocycles. The Bertz CT molecular complexity index is 1110. The van der Waals surface area contributed by atoms with Crippen LogP contribution in [0, 0.1) is 5.82 Å². The van der Waals surface area contributed by atoms with Gasteiger partial charge in [-0.1, -0.05) is 13.8 Å². The number of hydrogen-bond acceptors (Lipinski definition) is 6. The minimum absolute atomic E-state index is 0.0174. The van der Waals surface area contributed by atoms with Gasteiger partial charge >= 0.3 is 0 Å². The van der Waals surface area contributed by atoms with E-state index in [-0.39, 0.29) is 42.1 Å². The number of aromatic nitrogens is 1. The van der Waals surface area contributed by atoms with Crippen molar-refractivity contribution in [2.45, 2.75) is 45.2 Å². The minimum Gasteiger partial charge on any atom is -0.378 e. The van der Waals surface area contributed by atoms with Gasteiger partial charge in [-0.25, -0.2) is 4.39 Å². The summed E-state index contributed by atoms with van der Waals surface area (Å²) in [6, 6.07) is 4.93. The van der Waals surface area contributed by atoms with E-state index in [4.69, 9.17) is 0 Å². The number of hydrogen-bond donors (Lipinski definition) is 2. The highest BCUT2D eigenvalue weighted by Gasteiger charge is 2.46. The number of piperidine rings is 1. The van der Waals surface area contributed by atoms with E-state index in [0.717, 1.165) is 22.2 Å². The smallest absolute Gasteiger partial charge is 0.264 e. The van der Waals surface area contributed by atoms with Gasteiger partial charge < -0.3 is 5.32 Å². The van der Waals surface area contributed by atoms with Gasteiger partial charge in [0.15, 0.2) is 0 Å². The molecule has 0 spiro atoms. The molecular formula is C22H21FN4O4. The summed E-state index contributed by atoms with van der Waals surface area (Å²) < 4.78 is 14.7. The van der Waals surface area contributed by atoms with E-state index in [1.165, 1.54) is 6.07 Å². The Balaban J connectivity index is 1.63. The third kappa shape index (κ3) is 3.67. The van der Waals surface area contributed by atoms with Crippen LogP contribution in [0.4, 0.5) is 10.1 Å². The Labute approximate surface area is 177 Å². The number of anilines is 1. The maximum absolute atomic E-state index is 14.7. The first kappa shape index (κ1) is 20.6. The van der Waals surface area contributed by atoms with Crippen molar-refractivity contribution >= 4 is 29.3 Å². The molecule has 9 heteroatoms. The minimum atomic E-state index is -1.10. The molecule has 2 aromatic rings. The maximum atomic E-state index is 14.7. The molecule has 1 unspecified atom stereocenters. The SMILES string of the molecule is CC(C)c1cc(CNc2c(F)ccc3c2C(=O)N(C2CCC(=O)NC2=O)C3=O)ccn1. The highest BCUT2D eigenvalue weighted by Crippen LogP contribution is 2.34. The Morgan fingerprint density at radius 3 is 2.68 bits per heavy atom. The molecule has 1 saturated heterocycles. The second-order valence-corrected chi connectivity index (χ2v) is 7.89. The van der Waals surface area contributed by atoms with Gasteiger partial charge in [-0.15, -0.1) is 0 Å². The topological polar surface area (TPSA) is 108 Å². The van der Waals surface area contributed by atoms with Gasteiger partial charge in [-0.2, -0.15) is 0 Å². The highest BCUT2D eigenvalue weighted by atomic mass is 19.1. The van der Waals surface area contributed by atoms with Crippen LogP contribution >= 0.6 is 0 Å². The molecule has 2 aliphatic heterocycles. The number of halogens is 1. The van der Waals surface area contributed by atoms with Crippen molar-refractivity contribution in [3.63, 3.8) is 0 Å². The van der Waals surface area contributed by atoms with Gasteiger partial charge in [0.2, 0.25) is 11.8 Å². The first-order valence-corrected chi connectivity index (χ1v) is 10.0.